The molecule has 2 N–H and O–H groups in total. The van der Waals surface area contributed by atoms with Crippen LogP contribution >= 0.6 is 0 Å². The Kier molecular flexibility index (Phi) is 7.47. The van der Waals surface area contributed by atoms with E-state index < -0.39 is 11.9 Å². The van der Waals surface area contributed by atoms with E-state index in [-0.39, 0.29) is 24.3 Å². The number of rotatable bonds is 8. The van der Waals surface area contributed by atoms with Crippen LogP contribution in [-0.2, 0) is 9.47 Å². The Hall–Kier alpha value is -4.16. The van der Waals surface area contributed by atoms with Gasteiger partial charge in [-0.15, -0.1) is 0 Å². The van der Waals surface area contributed by atoms with E-state index in [4.69, 9.17) is 14.2 Å². The van der Waals surface area contributed by atoms with Crippen LogP contribution in [0.1, 0.15) is 6.92 Å². The van der Waals surface area contributed by atoms with E-state index in [1.807, 2.05) is 6.07 Å². The first kappa shape index (κ1) is 24.5. The Morgan fingerprint density at radius 3 is 2.76 bits per heavy atom. The molecular formula is C25H26FN7O4. The number of benzene rings is 1. The van der Waals surface area contributed by atoms with Gasteiger partial charge in [-0.2, -0.15) is 0 Å². The van der Waals surface area contributed by atoms with Crippen molar-refractivity contribution in [2.45, 2.75) is 6.92 Å². The minimum Gasteiger partial charge on any atom is -0.462 e. The number of amides is 1. The van der Waals surface area contributed by atoms with Gasteiger partial charge in [0.05, 0.1) is 25.3 Å². The second-order valence-electron chi connectivity index (χ2n) is 8.24. The molecule has 3 aromatic heterocycles. The van der Waals surface area contributed by atoms with Crippen LogP contribution in [0.3, 0.4) is 0 Å². The number of hydrogen-bond donors (Lipinski definition) is 2. The highest BCUT2D eigenvalue weighted by atomic mass is 19.1. The van der Waals surface area contributed by atoms with Crippen molar-refractivity contribution in [3.05, 3.63) is 48.7 Å². The average molecular weight is 508 g/mol. The molecule has 0 unspecified atom stereocenters. The summed E-state index contributed by atoms with van der Waals surface area (Å²) >= 11 is 0. The van der Waals surface area contributed by atoms with Gasteiger partial charge in [-0.25, -0.2) is 24.1 Å². The smallest absolute Gasteiger partial charge is 0.413 e. The van der Waals surface area contributed by atoms with Crippen LogP contribution in [0.4, 0.5) is 15.1 Å². The van der Waals surface area contributed by atoms with Gasteiger partial charge in [-0.3, -0.25) is 15.2 Å². The molecule has 1 aliphatic rings. The average Bonchev–Trinajstić information content (AvgIpc) is 3.32. The molecule has 0 radical (unpaired) electrons. The van der Waals surface area contributed by atoms with Gasteiger partial charge >= 0.3 is 12.1 Å². The number of aromatic nitrogens is 5. The number of fused-ring (bicyclic) bond motifs is 1. The normalized spacial score (nSPS) is 14.0. The topological polar surface area (TPSA) is 127 Å². The molecule has 0 aliphatic carbocycles. The fourth-order valence-electron chi connectivity index (χ4n) is 4.00. The Bertz CT molecular complexity index is 1370. The van der Waals surface area contributed by atoms with E-state index in [0.717, 1.165) is 32.8 Å². The number of nitrogens with zero attached hydrogens (tertiary/aromatic N) is 5. The predicted molar refractivity (Wildman–Crippen MR) is 134 cm³/mol. The number of imidazole rings is 1. The van der Waals surface area contributed by atoms with Crippen LogP contribution in [0.2, 0.25) is 0 Å². The molecule has 0 saturated carbocycles. The van der Waals surface area contributed by atoms with E-state index in [0.29, 0.717) is 34.3 Å². The highest BCUT2D eigenvalue weighted by molar-refractivity contribution is 5.97. The van der Waals surface area contributed by atoms with Crippen LogP contribution < -0.4 is 10.1 Å². The zero-order valence-corrected chi connectivity index (χ0v) is 20.2. The number of halogens is 1. The van der Waals surface area contributed by atoms with E-state index >= 15 is 0 Å². The van der Waals surface area contributed by atoms with Crippen molar-refractivity contribution in [3.63, 3.8) is 0 Å². The zero-order valence-electron chi connectivity index (χ0n) is 20.2. The summed E-state index contributed by atoms with van der Waals surface area (Å²) in [6.07, 6.45) is 4.15. The lowest BCUT2D eigenvalue weighted by Crippen LogP contribution is -2.38. The van der Waals surface area contributed by atoms with Gasteiger partial charge in [-0.1, -0.05) is 0 Å². The summed E-state index contributed by atoms with van der Waals surface area (Å²) in [6.45, 7) is 6.39. The molecule has 37 heavy (non-hydrogen) atoms. The Morgan fingerprint density at radius 1 is 1.19 bits per heavy atom. The largest absolute Gasteiger partial charge is 0.462 e. The van der Waals surface area contributed by atoms with Gasteiger partial charge < -0.3 is 19.2 Å². The van der Waals surface area contributed by atoms with Gasteiger partial charge in [0.15, 0.2) is 0 Å². The summed E-state index contributed by atoms with van der Waals surface area (Å²) in [6, 6.07) is 6.71. The van der Waals surface area contributed by atoms with Gasteiger partial charge in [0.2, 0.25) is 5.95 Å². The quantitative estimate of drug-likeness (QED) is 0.368. The SMILES string of the molecule is CCOC(=O)Nc1nc2c(-c3ncccc3F)cc(-c3cnc(OCCN4CCOCC4)nc3)cc2[nH]1. The number of aromatic amines is 1. The number of hydrogen-bond acceptors (Lipinski definition) is 9. The first-order valence-corrected chi connectivity index (χ1v) is 11.9. The number of carbonyl (C=O) groups excluding carboxylic acids is 1. The fraction of sp³-hybridized carbons (Fsp3) is 0.320. The molecule has 1 fully saturated rings. The third-order valence-electron chi connectivity index (χ3n) is 5.80. The van der Waals surface area contributed by atoms with Crippen molar-refractivity contribution in [1.82, 2.24) is 29.8 Å². The van der Waals surface area contributed by atoms with Crippen LogP contribution in [0.25, 0.3) is 33.4 Å². The lowest BCUT2D eigenvalue weighted by molar-refractivity contribution is 0.0317. The maximum atomic E-state index is 14.7. The van der Waals surface area contributed by atoms with E-state index in [2.05, 4.69) is 35.1 Å². The van der Waals surface area contributed by atoms with Crippen molar-refractivity contribution in [1.29, 1.82) is 0 Å². The third kappa shape index (κ3) is 5.81. The number of pyridine rings is 1. The molecule has 5 rings (SSSR count). The monoisotopic (exact) mass is 507 g/mol. The molecule has 12 heteroatoms. The van der Waals surface area contributed by atoms with Gasteiger partial charge in [0.1, 0.15) is 23.6 Å². The fourth-order valence-corrected chi connectivity index (χ4v) is 4.00. The summed E-state index contributed by atoms with van der Waals surface area (Å²) in [7, 11) is 0. The van der Waals surface area contributed by atoms with Gasteiger partial charge in [0.25, 0.3) is 0 Å². The molecule has 0 spiro atoms. The summed E-state index contributed by atoms with van der Waals surface area (Å²) < 4.78 is 30.7. The van der Waals surface area contributed by atoms with E-state index in [1.165, 1.54) is 18.3 Å². The number of nitrogens with one attached hydrogen (secondary N) is 2. The summed E-state index contributed by atoms with van der Waals surface area (Å²) in [5.41, 5.74) is 2.98. The summed E-state index contributed by atoms with van der Waals surface area (Å²) in [5.74, 6) is -0.326. The zero-order chi connectivity index (χ0) is 25.6. The minimum atomic E-state index is -0.648. The molecular weight excluding hydrogens is 481 g/mol. The number of anilines is 1. The molecule has 1 aromatic carbocycles. The standard InChI is InChI=1S/C25H26FN7O4/c1-2-36-25(34)32-23-30-20-13-16(12-18(22(20)31-23)21-19(26)4-3-5-27-21)17-14-28-24(29-15-17)37-11-8-33-6-9-35-10-7-33/h3-5,12-15H,2,6-11H2,1H3,(H2,30,31,32,34). The molecule has 1 amide bonds. The van der Waals surface area contributed by atoms with Crippen molar-refractivity contribution < 1.29 is 23.4 Å². The van der Waals surface area contributed by atoms with Crippen LogP contribution in [0, 0.1) is 5.82 Å². The van der Waals surface area contributed by atoms with Crippen LogP contribution in [0.15, 0.2) is 42.9 Å². The minimum absolute atomic E-state index is 0.132. The molecule has 0 bridgehead atoms. The van der Waals surface area contributed by atoms with Gasteiger partial charge in [0, 0.05) is 49.4 Å². The number of carbonyl (C=O) groups is 1. The third-order valence-corrected chi connectivity index (χ3v) is 5.80. The van der Waals surface area contributed by atoms with Crippen molar-refractivity contribution in [2.24, 2.45) is 0 Å². The predicted octanol–water partition coefficient (Wildman–Crippen LogP) is 3.50. The first-order valence-electron chi connectivity index (χ1n) is 11.9. The highest BCUT2D eigenvalue weighted by Crippen LogP contribution is 2.34. The van der Waals surface area contributed by atoms with Crippen molar-refractivity contribution in [2.75, 3.05) is 51.4 Å². The Morgan fingerprint density at radius 2 is 2.00 bits per heavy atom. The maximum Gasteiger partial charge on any atom is 0.413 e. The van der Waals surface area contributed by atoms with Crippen molar-refractivity contribution >= 4 is 23.1 Å². The maximum absolute atomic E-state index is 14.7. The summed E-state index contributed by atoms with van der Waals surface area (Å²) in [5, 5.41) is 2.54. The van der Waals surface area contributed by atoms with E-state index in [9.17, 15) is 9.18 Å². The Balaban J connectivity index is 1.41. The number of H-pyrrole nitrogens is 1. The lowest BCUT2D eigenvalue weighted by Gasteiger charge is -2.26. The number of ether oxygens (including phenoxy) is 3. The highest BCUT2D eigenvalue weighted by Gasteiger charge is 2.18. The summed E-state index contributed by atoms with van der Waals surface area (Å²) in [4.78, 5) is 34.5. The van der Waals surface area contributed by atoms with Gasteiger partial charge in [-0.05, 0) is 36.8 Å². The second-order valence-corrected chi connectivity index (χ2v) is 8.24. The lowest BCUT2D eigenvalue weighted by atomic mass is 10.0. The number of morpholine rings is 1. The second kappa shape index (κ2) is 11.3. The Labute approximate surface area is 212 Å². The van der Waals surface area contributed by atoms with Crippen LogP contribution in [-0.4, -0.2) is 82.0 Å². The molecule has 0 atom stereocenters. The molecule has 1 saturated heterocycles. The van der Waals surface area contributed by atoms with Crippen molar-refractivity contribution in [3.8, 4) is 28.4 Å². The molecule has 11 nitrogen and oxygen atoms in total. The molecule has 192 valence electrons. The molecule has 4 aromatic rings. The molecule has 4 heterocycles. The van der Waals surface area contributed by atoms with E-state index in [1.54, 1.807) is 25.4 Å². The molecule has 1 aliphatic heterocycles. The first-order chi connectivity index (χ1) is 18.1. The van der Waals surface area contributed by atoms with Crippen LogP contribution in [0.5, 0.6) is 6.01 Å².